The third-order valence-corrected chi connectivity index (χ3v) is 6.41. The zero-order chi connectivity index (χ0) is 26.0. The van der Waals surface area contributed by atoms with E-state index >= 15 is 0 Å². The molecule has 1 saturated heterocycles. The minimum absolute atomic E-state index is 0.0594. The Kier molecular flexibility index (Phi) is 6.82. The van der Waals surface area contributed by atoms with Gasteiger partial charge in [-0.15, -0.1) is 0 Å². The van der Waals surface area contributed by atoms with Gasteiger partial charge in [0.15, 0.2) is 0 Å². The molecule has 3 aromatic rings. The Bertz CT molecular complexity index is 1270. The minimum atomic E-state index is -0.498. The highest BCUT2D eigenvalue weighted by Crippen LogP contribution is 2.33. The van der Waals surface area contributed by atoms with E-state index in [9.17, 15) is 9.59 Å². The van der Waals surface area contributed by atoms with Crippen LogP contribution in [0.2, 0.25) is 0 Å². The van der Waals surface area contributed by atoms with Gasteiger partial charge in [-0.25, -0.2) is 14.8 Å². The lowest BCUT2D eigenvalue weighted by Crippen LogP contribution is -2.42. The first kappa shape index (κ1) is 24.7. The number of hydrogen-bond donors (Lipinski definition) is 2. The van der Waals surface area contributed by atoms with E-state index in [-0.39, 0.29) is 24.0 Å². The number of likely N-dealkylation sites (tertiary alicyclic amines) is 1. The molecule has 2 N–H and O–H groups in total. The van der Waals surface area contributed by atoms with Crippen molar-refractivity contribution in [3.8, 4) is 11.3 Å². The van der Waals surface area contributed by atoms with Gasteiger partial charge in [-0.3, -0.25) is 9.48 Å². The van der Waals surface area contributed by atoms with Crippen LogP contribution in [-0.4, -0.2) is 55.3 Å². The number of piperidine rings is 1. The second-order valence-electron chi connectivity index (χ2n) is 10.6. The fraction of sp³-hybridized carbons (Fsp3) is 0.444. The molecule has 0 spiro atoms. The third kappa shape index (κ3) is 6.25. The van der Waals surface area contributed by atoms with Crippen LogP contribution < -0.4 is 10.6 Å². The molecule has 2 aliphatic rings. The smallest absolute Gasteiger partial charge is 0.410 e. The average molecular weight is 504 g/mol. The van der Waals surface area contributed by atoms with Crippen molar-refractivity contribution in [2.24, 2.45) is 5.92 Å². The summed E-state index contributed by atoms with van der Waals surface area (Å²) in [6.45, 7) is 6.89. The van der Waals surface area contributed by atoms with E-state index in [0.29, 0.717) is 24.7 Å². The maximum atomic E-state index is 12.3. The SMILES string of the molecule is CC(C)(C)OC(=O)N1CCC(n2cc(Nc3nccc(-c4ccccc4NC(=O)C4CC4)n3)cn2)CC1. The molecule has 1 saturated carbocycles. The molecular formula is C27H33N7O3. The van der Waals surface area contributed by atoms with Crippen molar-refractivity contribution in [3.63, 3.8) is 0 Å². The lowest BCUT2D eigenvalue weighted by molar-refractivity contribution is -0.117. The summed E-state index contributed by atoms with van der Waals surface area (Å²) in [5.74, 6) is 0.626. The molecule has 1 aliphatic carbocycles. The molecule has 1 aromatic carbocycles. The molecule has 5 rings (SSSR count). The van der Waals surface area contributed by atoms with Crippen molar-refractivity contribution in [2.75, 3.05) is 23.7 Å². The summed E-state index contributed by atoms with van der Waals surface area (Å²) >= 11 is 0. The first-order chi connectivity index (χ1) is 17.7. The number of aromatic nitrogens is 4. The average Bonchev–Trinajstić information content (AvgIpc) is 3.63. The zero-order valence-electron chi connectivity index (χ0n) is 21.5. The van der Waals surface area contributed by atoms with E-state index in [1.807, 2.05) is 62.0 Å². The highest BCUT2D eigenvalue weighted by Gasteiger charge is 2.30. The van der Waals surface area contributed by atoms with Crippen LogP contribution in [0.4, 0.5) is 22.1 Å². The van der Waals surface area contributed by atoms with Crippen molar-refractivity contribution in [2.45, 2.75) is 58.1 Å². The van der Waals surface area contributed by atoms with Crippen LogP contribution in [0.25, 0.3) is 11.3 Å². The zero-order valence-corrected chi connectivity index (χ0v) is 21.5. The van der Waals surface area contributed by atoms with Gasteiger partial charge in [0.2, 0.25) is 11.9 Å². The van der Waals surface area contributed by atoms with Crippen molar-refractivity contribution in [1.82, 2.24) is 24.6 Å². The Morgan fingerprint density at radius 2 is 1.81 bits per heavy atom. The normalized spacial score (nSPS) is 16.4. The van der Waals surface area contributed by atoms with Crippen LogP contribution in [0.15, 0.2) is 48.9 Å². The lowest BCUT2D eigenvalue weighted by atomic mass is 10.1. The molecule has 2 amide bonds. The number of rotatable bonds is 6. The number of nitrogens with zero attached hydrogens (tertiary/aromatic N) is 5. The molecule has 0 radical (unpaired) electrons. The maximum absolute atomic E-state index is 12.3. The number of carbonyl (C=O) groups is 2. The van der Waals surface area contributed by atoms with Gasteiger partial charge in [0.25, 0.3) is 0 Å². The monoisotopic (exact) mass is 503 g/mol. The second kappa shape index (κ2) is 10.2. The van der Waals surface area contributed by atoms with Crippen molar-refractivity contribution >= 4 is 29.3 Å². The van der Waals surface area contributed by atoms with Crippen LogP contribution in [-0.2, 0) is 9.53 Å². The fourth-order valence-corrected chi connectivity index (χ4v) is 4.34. The molecule has 194 valence electrons. The Balaban J connectivity index is 1.22. The van der Waals surface area contributed by atoms with E-state index < -0.39 is 5.60 Å². The van der Waals surface area contributed by atoms with Gasteiger partial charge in [-0.2, -0.15) is 5.10 Å². The van der Waals surface area contributed by atoms with Gasteiger partial charge in [0.1, 0.15) is 5.60 Å². The quantitative estimate of drug-likeness (QED) is 0.486. The molecule has 0 bridgehead atoms. The minimum Gasteiger partial charge on any atom is -0.444 e. The van der Waals surface area contributed by atoms with Gasteiger partial charge in [0.05, 0.1) is 29.3 Å². The molecule has 0 unspecified atom stereocenters. The Morgan fingerprint density at radius 1 is 1.05 bits per heavy atom. The molecule has 0 atom stereocenters. The van der Waals surface area contributed by atoms with Gasteiger partial charge in [-0.05, 0) is 58.6 Å². The fourth-order valence-electron chi connectivity index (χ4n) is 4.34. The Hall–Kier alpha value is -3.95. The standard InChI is InChI=1S/C27H33N7O3/c1-27(2,3)37-26(36)33-14-11-20(12-15-33)34-17-19(16-29-34)30-25-28-13-10-23(32-25)21-6-4-5-7-22(21)31-24(35)18-8-9-18/h4-7,10,13,16-18,20H,8-9,11-12,14-15H2,1-3H3,(H,31,35)(H,28,30,32). The highest BCUT2D eigenvalue weighted by molar-refractivity contribution is 5.97. The molecule has 10 nitrogen and oxygen atoms in total. The molecule has 10 heteroatoms. The summed E-state index contributed by atoms with van der Waals surface area (Å²) in [5, 5.41) is 10.8. The van der Waals surface area contributed by atoms with Crippen LogP contribution >= 0.6 is 0 Å². The number of hydrogen-bond acceptors (Lipinski definition) is 7. The molecular weight excluding hydrogens is 470 g/mol. The van der Waals surface area contributed by atoms with Crippen molar-refractivity contribution in [3.05, 3.63) is 48.9 Å². The highest BCUT2D eigenvalue weighted by atomic mass is 16.6. The maximum Gasteiger partial charge on any atom is 0.410 e. The van der Waals surface area contributed by atoms with Crippen LogP contribution in [0, 0.1) is 5.92 Å². The van der Waals surface area contributed by atoms with Crippen LogP contribution in [0.3, 0.4) is 0 Å². The predicted octanol–water partition coefficient (Wildman–Crippen LogP) is 5.00. The third-order valence-electron chi connectivity index (χ3n) is 6.41. The molecule has 3 heterocycles. The molecule has 2 aromatic heterocycles. The summed E-state index contributed by atoms with van der Waals surface area (Å²) in [6.07, 6.45) is 8.62. The topological polar surface area (TPSA) is 114 Å². The van der Waals surface area contributed by atoms with Crippen LogP contribution in [0.5, 0.6) is 0 Å². The second-order valence-corrected chi connectivity index (χ2v) is 10.6. The van der Waals surface area contributed by atoms with Gasteiger partial charge >= 0.3 is 6.09 Å². The van der Waals surface area contributed by atoms with E-state index in [0.717, 1.165) is 42.6 Å². The van der Waals surface area contributed by atoms with E-state index in [1.54, 1.807) is 17.3 Å². The molecule has 2 fully saturated rings. The van der Waals surface area contributed by atoms with Gasteiger partial charge < -0.3 is 20.3 Å². The molecule has 1 aliphatic heterocycles. The number of para-hydroxylation sites is 1. The summed E-state index contributed by atoms with van der Waals surface area (Å²) in [6, 6.07) is 9.69. The van der Waals surface area contributed by atoms with Gasteiger partial charge in [-0.1, -0.05) is 18.2 Å². The van der Waals surface area contributed by atoms with E-state index in [4.69, 9.17) is 4.74 Å². The first-order valence-corrected chi connectivity index (χ1v) is 12.8. The van der Waals surface area contributed by atoms with Crippen LogP contribution in [0.1, 0.15) is 52.5 Å². The number of anilines is 3. The number of benzene rings is 1. The number of ether oxygens (including phenoxy) is 1. The number of amides is 2. The largest absolute Gasteiger partial charge is 0.444 e. The van der Waals surface area contributed by atoms with Crippen molar-refractivity contribution < 1.29 is 14.3 Å². The number of nitrogens with one attached hydrogen (secondary N) is 2. The lowest BCUT2D eigenvalue weighted by Gasteiger charge is -2.33. The van der Waals surface area contributed by atoms with Gasteiger partial charge in [0, 0.05) is 37.0 Å². The summed E-state index contributed by atoms with van der Waals surface area (Å²) < 4.78 is 7.42. The molecule has 37 heavy (non-hydrogen) atoms. The number of carbonyl (C=O) groups excluding carboxylic acids is 2. The Morgan fingerprint density at radius 3 is 2.54 bits per heavy atom. The summed E-state index contributed by atoms with van der Waals surface area (Å²) in [5.41, 5.74) is 2.58. The Labute approximate surface area is 216 Å². The predicted molar refractivity (Wildman–Crippen MR) is 140 cm³/mol. The van der Waals surface area contributed by atoms with E-state index in [1.165, 1.54) is 0 Å². The van der Waals surface area contributed by atoms with E-state index in [2.05, 4.69) is 25.7 Å². The summed E-state index contributed by atoms with van der Waals surface area (Å²) in [4.78, 5) is 35.5. The summed E-state index contributed by atoms with van der Waals surface area (Å²) in [7, 11) is 0. The first-order valence-electron chi connectivity index (χ1n) is 12.8. The van der Waals surface area contributed by atoms with Crippen molar-refractivity contribution in [1.29, 1.82) is 0 Å².